The van der Waals surface area contributed by atoms with Crippen LogP contribution in [0.3, 0.4) is 0 Å². The predicted octanol–water partition coefficient (Wildman–Crippen LogP) is 3.96. The lowest BCUT2D eigenvalue weighted by atomic mass is 10.1. The lowest BCUT2D eigenvalue weighted by molar-refractivity contribution is -0.141. The van der Waals surface area contributed by atoms with E-state index in [1.54, 1.807) is 29.2 Å². The minimum Gasteiger partial charge on any atom is -0.494 e. The summed E-state index contributed by atoms with van der Waals surface area (Å²) in [7, 11) is -3.55. The Balaban J connectivity index is 2.17. The van der Waals surface area contributed by atoms with Crippen molar-refractivity contribution in [1.29, 1.82) is 0 Å². The molecule has 0 fully saturated rings. The minimum atomic E-state index is -3.55. The maximum Gasteiger partial charge on any atom is 0.243 e. The molecular weight excluding hydrogens is 478 g/mol. The van der Waals surface area contributed by atoms with Crippen molar-refractivity contribution in [3.63, 3.8) is 0 Å². The van der Waals surface area contributed by atoms with E-state index < -0.39 is 16.1 Å². The molecule has 0 aromatic heterocycles. The highest BCUT2D eigenvalue weighted by atomic mass is 32.2. The van der Waals surface area contributed by atoms with E-state index >= 15 is 0 Å². The lowest BCUT2D eigenvalue weighted by Crippen LogP contribution is -2.50. The van der Waals surface area contributed by atoms with Gasteiger partial charge in [-0.2, -0.15) is 0 Å². The van der Waals surface area contributed by atoms with Crippen LogP contribution in [0, 0.1) is 0 Å². The summed E-state index contributed by atoms with van der Waals surface area (Å²) in [5.74, 6) is 0.278. The third-order valence-corrected chi connectivity index (χ3v) is 6.79. The van der Waals surface area contributed by atoms with Crippen molar-refractivity contribution >= 4 is 27.5 Å². The molecule has 1 N–H and O–H groups in total. The van der Waals surface area contributed by atoms with Crippen LogP contribution in [0.1, 0.15) is 52.5 Å². The normalized spacial score (nSPS) is 12.2. The Kier molecular flexibility index (Phi) is 11.2. The molecule has 36 heavy (non-hydrogen) atoms. The number of sulfonamides is 1. The SMILES string of the molecule is CCOc1ccc(N(CCCC(=O)N(Cc2ccccc2)[C@@H](CC)C(=O)NC(C)C)S(C)(=O)=O)cc1. The van der Waals surface area contributed by atoms with Crippen LogP contribution in [-0.2, 0) is 26.2 Å². The maximum atomic E-state index is 13.4. The Morgan fingerprint density at radius 1 is 1.00 bits per heavy atom. The quantitative estimate of drug-likeness (QED) is 0.409. The Labute approximate surface area is 215 Å². The van der Waals surface area contributed by atoms with Crippen LogP contribution in [0.2, 0.25) is 0 Å². The zero-order valence-corrected chi connectivity index (χ0v) is 22.8. The molecule has 0 spiro atoms. The third kappa shape index (κ3) is 8.86. The van der Waals surface area contributed by atoms with Gasteiger partial charge >= 0.3 is 0 Å². The van der Waals surface area contributed by atoms with Crippen molar-refractivity contribution in [1.82, 2.24) is 10.2 Å². The summed E-state index contributed by atoms with van der Waals surface area (Å²) < 4.78 is 31.7. The van der Waals surface area contributed by atoms with Gasteiger partial charge in [0.05, 0.1) is 18.6 Å². The molecule has 2 rings (SSSR count). The Morgan fingerprint density at radius 2 is 1.64 bits per heavy atom. The molecule has 0 radical (unpaired) electrons. The summed E-state index contributed by atoms with van der Waals surface area (Å²) in [5, 5.41) is 2.91. The number of carbonyl (C=O) groups excluding carboxylic acids is 2. The van der Waals surface area contributed by atoms with Gasteiger partial charge in [0.25, 0.3) is 0 Å². The molecule has 0 aliphatic rings. The van der Waals surface area contributed by atoms with Crippen LogP contribution in [0.5, 0.6) is 5.75 Å². The second-order valence-corrected chi connectivity index (χ2v) is 10.9. The molecule has 2 aromatic carbocycles. The number of ether oxygens (including phenoxy) is 1. The monoisotopic (exact) mass is 517 g/mol. The van der Waals surface area contributed by atoms with E-state index in [9.17, 15) is 18.0 Å². The smallest absolute Gasteiger partial charge is 0.243 e. The van der Waals surface area contributed by atoms with Gasteiger partial charge < -0.3 is 15.0 Å². The number of benzene rings is 2. The number of carbonyl (C=O) groups is 2. The maximum absolute atomic E-state index is 13.4. The fraction of sp³-hybridized carbons (Fsp3) is 0.481. The van der Waals surface area contributed by atoms with Gasteiger partial charge in [0.1, 0.15) is 11.8 Å². The van der Waals surface area contributed by atoms with E-state index in [1.807, 2.05) is 58.0 Å². The molecule has 198 valence electrons. The highest BCUT2D eigenvalue weighted by Crippen LogP contribution is 2.23. The molecule has 0 saturated carbocycles. The fourth-order valence-electron chi connectivity index (χ4n) is 3.96. The molecule has 0 aliphatic carbocycles. The van der Waals surface area contributed by atoms with Crippen molar-refractivity contribution in [3.8, 4) is 5.75 Å². The molecular formula is C27H39N3O5S. The fourth-order valence-corrected chi connectivity index (χ4v) is 4.92. The first-order chi connectivity index (χ1) is 17.1. The van der Waals surface area contributed by atoms with Gasteiger partial charge in [-0.3, -0.25) is 13.9 Å². The van der Waals surface area contributed by atoms with E-state index in [-0.39, 0.29) is 30.8 Å². The number of amides is 2. The van der Waals surface area contributed by atoms with Crippen molar-refractivity contribution in [2.75, 3.05) is 23.7 Å². The van der Waals surface area contributed by atoms with Crippen LogP contribution >= 0.6 is 0 Å². The first-order valence-corrected chi connectivity index (χ1v) is 14.3. The van der Waals surface area contributed by atoms with Gasteiger partial charge in [-0.25, -0.2) is 8.42 Å². The number of nitrogens with one attached hydrogen (secondary N) is 1. The van der Waals surface area contributed by atoms with E-state index in [0.29, 0.717) is 37.4 Å². The summed E-state index contributed by atoms with van der Waals surface area (Å²) in [6.07, 6.45) is 2.04. The van der Waals surface area contributed by atoms with Crippen LogP contribution in [0.15, 0.2) is 54.6 Å². The van der Waals surface area contributed by atoms with Crippen molar-refractivity contribution in [2.45, 2.75) is 65.6 Å². The first-order valence-electron chi connectivity index (χ1n) is 12.4. The summed E-state index contributed by atoms with van der Waals surface area (Å²) in [6.45, 7) is 8.50. The first kappa shape index (κ1) is 29.2. The van der Waals surface area contributed by atoms with E-state index in [1.165, 1.54) is 4.31 Å². The van der Waals surface area contributed by atoms with Crippen LogP contribution in [0.25, 0.3) is 0 Å². The molecule has 2 amide bonds. The van der Waals surface area contributed by atoms with E-state index in [0.717, 1.165) is 11.8 Å². The second-order valence-electron chi connectivity index (χ2n) is 8.96. The van der Waals surface area contributed by atoms with Gasteiger partial charge in [-0.05, 0) is 63.4 Å². The number of anilines is 1. The third-order valence-electron chi connectivity index (χ3n) is 5.60. The number of hydrogen-bond donors (Lipinski definition) is 1. The van der Waals surface area contributed by atoms with Gasteiger partial charge in [-0.1, -0.05) is 37.3 Å². The number of hydrogen-bond acceptors (Lipinski definition) is 5. The average Bonchev–Trinajstić information content (AvgIpc) is 2.82. The van der Waals surface area contributed by atoms with E-state index in [4.69, 9.17) is 4.74 Å². The van der Waals surface area contributed by atoms with Crippen molar-refractivity contribution < 1.29 is 22.7 Å². The summed E-state index contributed by atoms with van der Waals surface area (Å²) in [4.78, 5) is 27.9. The van der Waals surface area contributed by atoms with E-state index in [2.05, 4.69) is 5.32 Å². The van der Waals surface area contributed by atoms with Crippen LogP contribution < -0.4 is 14.4 Å². The molecule has 1 atom stereocenters. The second kappa shape index (κ2) is 13.9. The van der Waals surface area contributed by atoms with Crippen LogP contribution in [-0.4, -0.2) is 56.6 Å². The topological polar surface area (TPSA) is 96.0 Å². The molecule has 9 heteroatoms. The summed E-state index contributed by atoms with van der Waals surface area (Å²) in [6, 6.07) is 15.7. The highest BCUT2D eigenvalue weighted by molar-refractivity contribution is 7.92. The number of rotatable bonds is 14. The summed E-state index contributed by atoms with van der Waals surface area (Å²) >= 11 is 0. The number of nitrogens with zero attached hydrogens (tertiary/aromatic N) is 2. The van der Waals surface area contributed by atoms with Gasteiger partial charge in [0, 0.05) is 25.6 Å². The zero-order valence-electron chi connectivity index (χ0n) is 21.9. The summed E-state index contributed by atoms with van der Waals surface area (Å²) in [5.41, 5.74) is 1.44. The Hall–Kier alpha value is -3.07. The molecule has 0 saturated heterocycles. The molecule has 8 nitrogen and oxygen atoms in total. The average molecular weight is 518 g/mol. The lowest BCUT2D eigenvalue weighted by Gasteiger charge is -2.31. The minimum absolute atomic E-state index is 0.0438. The molecule has 0 aliphatic heterocycles. The molecule has 0 bridgehead atoms. The van der Waals surface area contributed by atoms with Crippen LogP contribution in [0.4, 0.5) is 5.69 Å². The highest BCUT2D eigenvalue weighted by Gasteiger charge is 2.29. The standard InChI is InChI=1S/C27H39N3O5S/c1-6-25(27(32)28-21(3)4)29(20-22-12-9-8-10-13-22)26(31)14-11-19-30(36(5,33)34)23-15-17-24(18-16-23)35-7-2/h8-10,12-13,15-18,21,25H,6-7,11,14,19-20H2,1-5H3,(H,28,32)/t25-/m0/s1. The molecule has 0 unspecified atom stereocenters. The van der Waals surface area contributed by atoms with Gasteiger partial charge in [-0.15, -0.1) is 0 Å². The molecule has 2 aromatic rings. The van der Waals surface area contributed by atoms with Gasteiger partial charge in [0.2, 0.25) is 21.8 Å². The Bertz CT molecular complexity index is 1070. The molecule has 0 heterocycles. The van der Waals surface area contributed by atoms with Crippen molar-refractivity contribution in [2.24, 2.45) is 0 Å². The van der Waals surface area contributed by atoms with Crippen molar-refractivity contribution in [3.05, 3.63) is 60.2 Å². The zero-order chi connectivity index (χ0) is 26.7. The predicted molar refractivity (Wildman–Crippen MR) is 143 cm³/mol. The largest absolute Gasteiger partial charge is 0.494 e. The Morgan fingerprint density at radius 3 is 2.17 bits per heavy atom. The van der Waals surface area contributed by atoms with Gasteiger partial charge in [0.15, 0.2) is 0 Å².